The lowest BCUT2D eigenvalue weighted by Gasteiger charge is -2.11. The highest BCUT2D eigenvalue weighted by Crippen LogP contribution is 2.22. The summed E-state index contributed by atoms with van der Waals surface area (Å²) in [5, 5.41) is 9.24. The van der Waals surface area contributed by atoms with E-state index in [1.54, 1.807) is 36.0 Å². The van der Waals surface area contributed by atoms with Crippen LogP contribution in [0, 0.1) is 13.8 Å². The predicted octanol–water partition coefficient (Wildman–Crippen LogP) is 4.90. The first kappa shape index (κ1) is 24.5. The van der Waals surface area contributed by atoms with Crippen LogP contribution in [0.2, 0.25) is 5.15 Å². The van der Waals surface area contributed by atoms with E-state index in [2.05, 4.69) is 17.3 Å². The summed E-state index contributed by atoms with van der Waals surface area (Å²) in [6.45, 7) is 4.80. The molecule has 10 heteroatoms. The number of aromatic nitrogens is 2. The molecule has 0 aliphatic heterocycles. The molecule has 1 aromatic heterocycles. The molecule has 0 saturated heterocycles. The monoisotopic (exact) mass is 456 g/mol. The van der Waals surface area contributed by atoms with Gasteiger partial charge in [0, 0.05) is 29.4 Å². The molecule has 2 N–H and O–H groups in total. The van der Waals surface area contributed by atoms with Gasteiger partial charge in [-0.3, -0.25) is 14.3 Å². The van der Waals surface area contributed by atoms with E-state index in [0.29, 0.717) is 34.2 Å². The first-order chi connectivity index (χ1) is 14.5. The van der Waals surface area contributed by atoms with E-state index < -0.39 is 24.5 Å². The maximum absolute atomic E-state index is 12.4. The van der Waals surface area contributed by atoms with E-state index in [-0.39, 0.29) is 5.56 Å². The van der Waals surface area contributed by atoms with Crippen LogP contribution in [0.15, 0.2) is 24.3 Å². The Morgan fingerprint density at radius 3 is 2.61 bits per heavy atom. The van der Waals surface area contributed by atoms with Gasteiger partial charge in [0.25, 0.3) is 5.91 Å². The molecular formula is C21H24ClF3N4O2. The van der Waals surface area contributed by atoms with Crippen molar-refractivity contribution in [2.45, 2.75) is 46.3 Å². The number of nitrogens with one attached hydrogen (secondary N) is 2. The van der Waals surface area contributed by atoms with E-state index >= 15 is 0 Å². The van der Waals surface area contributed by atoms with E-state index in [9.17, 15) is 22.8 Å². The third kappa shape index (κ3) is 7.13. The van der Waals surface area contributed by atoms with Crippen molar-refractivity contribution < 1.29 is 22.8 Å². The number of hydrogen-bond acceptors (Lipinski definition) is 3. The highest BCUT2D eigenvalue weighted by atomic mass is 35.5. The van der Waals surface area contributed by atoms with E-state index in [0.717, 1.165) is 12.8 Å². The summed E-state index contributed by atoms with van der Waals surface area (Å²) < 4.78 is 38.6. The SMILES string of the molecule is CCCCn1nc(C)c(/C=C/C(=O)Nc2cc(C(=O)NCC(F)(F)F)ccc2C)c1Cl. The first-order valence-electron chi connectivity index (χ1n) is 9.69. The predicted molar refractivity (Wildman–Crippen MR) is 114 cm³/mol. The number of carbonyl (C=O) groups excluding carboxylic acids is 2. The Bertz CT molecular complexity index is 984. The Kier molecular flexibility index (Phi) is 8.27. The fourth-order valence-corrected chi connectivity index (χ4v) is 3.05. The zero-order valence-electron chi connectivity index (χ0n) is 17.4. The molecule has 6 nitrogen and oxygen atoms in total. The van der Waals surface area contributed by atoms with Crippen molar-refractivity contribution in [3.05, 3.63) is 51.8 Å². The minimum absolute atomic E-state index is 0.00483. The van der Waals surface area contributed by atoms with Gasteiger partial charge in [-0.05, 0) is 44.0 Å². The Balaban J connectivity index is 2.10. The number of amides is 2. The van der Waals surface area contributed by atoms with Crippen molar-refractivity contribution in [3.8, 4) is 0 Å². The number of anilines is 1. The van der Waals surface area contributed by atoms with Gasteiger partial charge < -0.3 is 10.6 Å². The van der Waals surface area contributed by atoms with Crippen molar-refractivity contribution in [2.24, 2.45) is 0 Å². The molecule has 0 fully saturated rings. The number of nitrogens with zero attached hydrogens (tertiary/aromatic N) is 2. The van der Waals surface area contributed by atoms with Crippen molar-refractivity contribution in [1.29, 1.82) is 0 Å². The molecule has 2 amide bonds. The second-order valence-corrected chi connectivity index (χ2v) is 7.37. The number of aryl methyl sites for hydroxylation is 3. The molecule has 31 heavy (non-hydrogen) atoms. The van der Waals surface area contributed by atoms with E-state index in [4.69, 9.17) is 11.6 Å². The van der Waals surface area contributed by atoms with Crippen LogP contribution in [0.1, 0.15) is 46.9 Å². The number of unbranched alkanes of at least 4 members (excludes halogenated alkanes) is 1. The lowest BCUT2D eigenvalue weighted by molar-refractivity contribution is -0.123. The van der Waals surface area contributed by atoms with Crippen molar-refractivity contribution >= 4 is 35.2 Å². The van der Waals surface area contributed by atoms with Gasteiger partial charge in [0.2, 0.25) is 5.91 Å². The summed E-state index contributed by atoms with van der Waals surface area (Å²) in [6, 6.07) is 4.26. The standard InChI is InChI=1S/C21H24ClF3N4O2/c1-4-5-10-29-19(22)16(14(3)28-29)8-9-18(30)27-17-11-15(7-6-13(17)2)20(31)26-12-21(23,24)25/h6-9,11H,4-5,10,12H2,1-3H3,(H,26,31)(H,27,30)/b9-8+. The maximum atomic E-state index is 12.4. The molecule has 0 aliphatic rings. The van der Waals surface area contributed by atoms with Crippen LogP contribution >= 0.6 is 11.6 Å². The fraction of sp³-hybridized carbons (Fsp3) is 0.381. The Morgan fingerprint density at radius 1 is 1.26 bits per heavy atom. The Labute approximate surface area is 183 Å². The largest absolute Gasteiger partial charge is 0.405 e. The number of rotatable bonds is 8. The molecule has 1 heterocycles. The summed E-state index contributed by atoms with van der Waals surface area (Å²) in [6.07, 6.45) is 0.256. The average molecular weight is 457 g/mol. The lowest BCUT2D eigenvalue weighted by Crippen LogP contribution is -2.33. The molecule has 1 aromatic carbocycles. The summed E-state index contributed by atoms with van der Waals surface area (Å²) in [5.41, 5.74) is 2.28. The first-order valence-corrected chi connectivity index (χ1v) is 10.1. The minimum Gasteiger partial charge on any atom is -0.343 e. The molecule has 0 atom stereocenters. The summed E-state index contributed by atoms with van der Waals surface area (Å²) >= 11 is 6.34. The van der Waals surface area contributed by atoms with Crippen molar-refractivity contribution in [2.75, 3.05) is 11.9 Å². The molecule has 2 aromatic rings. The minimum atomic E-state index is -4.51. The molecule has 0 spiro atoms. The van der Waals surface area contributed by atoms with Gasteiger partial charge in [-0.25, -0.2) is 0 Å². The van der Waals surface area contributed by atoms with Gasteiger partial charge >= 0.3 is 6.18 Å². The van der Waals surface area contributed by atoms with Gasteiger partial charge in [-0.2, -0.15) is 18.3 Å². The molecule has 168 valence electrons. The number of benzene rings is 1. The van der Waals surface area contributed by atoms with Crippen LogP contribution in [-0.4, -0.2) is 34.3 Å². The van der Waals surface area contributed by atoms with Gasteiger partial charge in [0.05, 0.1) is 5.69 Å². The van der Waals surface area contributed by atoms with Gasteiger partial charge in [0.1, 0.15) is 11.7 Å². The van der Waals surface area contributed by atoms with Crippen molar-refractivity contribution in [1.82, 2.24) is 15.1 Å². The molecule has 0 bridgehead atoms. The third-order valence-corrected chi connectivity index (χ3v) is 4.84. The number of carbonyl (C=O) groups is 2. The molecule has 0 radical (unpaired) electrons. The van der Waals surface area contributed by atoms with Gasteiger partial charge in [0.15, 0.2) is 0 Å². The number of hydrogen-bond donors (Lipinski definition) is 2. The molecular weight excluding hydrogens is 433 g/mol. The van der Waals surface area contributed by atoms with Crippen LogP contribution in [-0.2, 0) is 11.3 Å². The zero-order valence-corrected chi connectivity index (χ0v) is 18.2. The third-order valence-electron chi connectivity index (χ3n) is 4.44. The summed E-state index contributed by atoms with van der Waals surface area (Å²) in [7, 11) is 0. The molecule has 2 rings (SSSR count). The average Bonchev–Trinajstić information content (AvgIpc) is 2.96. The molecule has 0 unspecified atom stereocenters. The van der Waals surface area contributed by atoms with Crippen LogP contribution in [0.25, 0.3) is 6.08 Å². The highest BCUT2D eigenvalue weighted by Gasteiger charge is 2.28. The zero-order chi connectivity index (χ0) is 23.2. The molecule has 0 aliphatic carbocycles. The number of alkyl halides is 3. The fourth-order valence-electron chi connectivity index (χ4n) is 2.73. The topological polar surface area (TPSA) is 76.0 Å². The Hall–Kier alpha value is -2.81. The molecule has 0 saturated carbocycles. The maximum Gasteiger partial charge on any atom is 0.405 e. The Morgan fingerprint density at radius 2 is 1.97 bits per heavy atom. The quantitative estimate of drug-likeness (QED) is 0.555. The lowest BCUT2D eigenvalue weighted by atomic mass is 10.1. The van der Waals surface area contributed by atoms with Crippen LogP contribution in [0.4, 0.5) is 18.9 Å². The second kappa shape index (κ2) is 10.5. The van der Waals surface area contributed by atoms with Crippen molar-refractivity contribution in [3.63, 3.8) is 0 Å². The normalized spacial score (nSPS) is 11.7. The summed E-state index contributed by atoms with van der Waals surface area (Å²) in [5.74, 6) is -1.36. The second-order valence-electron chi connectivity index (χ2n) is 7.02. The van der Waals surface area contributed by atoms with Gasteiger partial charge in [-0.15, -0.1) is 0 Å². The van der Waals surface area contributed by atoms with Crippen LogP contribution in [0.3, 0.4) is 0 Å². The van der Waals surface area contributed by atoms with E-state index in [1.807, 2.05) is 0 Å². The highest BCUT2D eigenvalue weighted by molar-refractivity contribution is 6.31. The smallest absolute Gasteiger partial charge is 0.343 e. The summed E-state index contributed by atoms with van der Waals surface area (Å²) in [4.78, 5) is 24.3. The van der Waals surface area contributed by atoms with Crippen LogP contribution < -0.4 is 10.6 Å². The van der Waals surface area contributed by atoms with Gasteiger partial charge in [-0.1, -0.05) is 31.0 Å². The van der Waals surface area contributed by atoms with E-state index in [1.165, 1.54) is 18.2 Å². The van der Waals surface area contributed by atoms with Crippen LogP contribution in [0.5, 0.6) is 0 Å². The number of halogens is 4.